The van der Waals surface area contributed by atoms with Crippen molar-refractivity contribution in [2.24, 2.45) is 0 Å². The fraction of sp³-hybridized carbons (Fsp3) is 0.292. The van der Waals surface area contributed by atoms with Crippen molar-refractivity contribution in [2.45, 2.75) is 38.1 Å². The summed E-state index contributed by atoms with van der Waals surface area (Å²) in [4.78, 5) is 12.1. The maximum absolute atomic E-state index is 14.9. The van der Waals surface area contributed by atoms with E-state index in [0.29, 0.717) is 13.1 Å². The van der Waals surface area contributed by atoms with E-state index in [1.165, 1.54) is 24.8 Å². The Morgan fingerprint density at radius 1 is 1.24 bits per heavy atom. The molecule has 0 amide bonds. The van der Waals surface area contributed by atoms with Gasteiger partial charge in [-0.15, -0.1) is 11.3 Å². The third-order valence-corrected chi connectivity index (χ3v) is 7.46. The lowest BCUT2D eigenvalue weighted by Crippen LogP contribution is -2.58. The van der Waals surface area contributed by atoms with Crippen LogP contribution in [0, 0.1) is 11.6 Å². The standard InChI is InChI=1S/C24H23F2N5OS/c1-16(24(32,13-31-15-27-14-28-31)19-8-7-18(25)11-20(19)26)30-10-9-21-22(12-30)33-23(29-21)17-5-3-2-4-6-17/h2-8,11,14-16,32H,9-10,12-13H2,1H3/p+1/t16-,24-/m1/s1. The lowest BCUT2D eigenvalue weighted by molar-refractivity contribution is -0.765. The molecule has 0 saturated carbocycles. The molecule has 0 unspecified atom stereocenters. The summed E-state index contributed by atoms with van der Waals surface area (Å²) >= 11 is 1.65. The van der Waals surface area contributed by atoms with Crippen LogP contribution in [-0.2, 0) is 25.1 Å². The first-order valence-corrected chi connectivity index (χ1v) is 11.6. The second-order valence-electron chi connectivity index (χ2n) is 8.35. The second-order valence-corrected chi connectivity index (χ2v) is 9.43. The Bertz CT molecular complexity index is 1250. The highest BCUT2D eigenvalue weighted by Gasteiger charge is 2.44. The van der Waals surface area contributed by atoms with Gasteiger partial charge in [0.05, 0.1) is 5.69 Å². The quantitative estimate of drug-likeness (QED) is 0.426. The number of H-pyrrole nitrogens is 1. The Hall–Kier alpha value is -3.01. The van der Waals surface area contributed by atoms with Crippen LogP contribution in [0.4, 0.5) is 8.78 Å². The van der Waals surface area contributed by atoms with E-state index < -0.39 is 23.3 Å². The molecule has 2 N–H and O–H groups in total. The average Bonchev–Trinajstić information content (AvgIpc) is 3.48. The molecule has 2 aromatic heterocycles. The molecule has 1 aliphatic rings. The summed E-state index contributed by atoms with van der Waals surface area (Å²) in [5.41, 5.74) is 0.580. The van der Waals surface area contributed by atoms with Crippen LogP contribution in [0.3, 0.4) is 0 Å². The molecule has 0 bridgehead atoms. The van der Waals surface area contributed by atoms with E-state index in [9.17, 15) is 13.9 Å². The van der Waals surface area contributed by atoms with Crippen LogP contribution in [0.1, 0.15) is 23.1 Å². The summed E-state index contributed by atoms with van der Waals surface area (Å²) in [6.45, 7) is 3.19. The van der Waals surface area contributed by atoms with Crippen molar-refractivity contribution < 1.29 is 18.6 Å². The van der Waals surface area contributed by atoms with Crippen molar-refractivity contribution in [2.75, 3.05) is 6.54 Å². The number of thiazole rings is 1. The van der Waals surface area contributed by atoms with Crippen LogP contribution in [0.2, 0.25) is 0 Å². The first-order chi connectivity index (χ1) is 15.9. The molecule has 0 fully saturated rings. The van der Waals surface area contributed by atoms with E-state index in [1.807, 2.05) is 37.3 Å². The molecule has 9 heteroatoms. The highest BCUT2D eigenvalue weighted by molar-refractivity contribution is 7.15. The monoisotopic (exact) mass is 468 g/mol. The molecular formula is C24H24F2N5OS+. The molecule has 1 aliphatic heterocycles. The van der Waals surface area contributed by atoms with Crippen molar-refractivity contribution in [3.05, 3.63) is 89.0 Å². The molecule has 2 atom stereocenters. The summed E-state index contributed by atoms with van der Waals surface area (Å²) in [5.74, 6) is -1.45. The summed E-state index contributed by atoms with van der Waals surface area (Å²) in [6, 6.07) is 12.9. The number of fused-ring (bicyclic) bond motifs is 1. The van der Waals surface area contributed by atoms with Gasteiger partial charge in [-0.25, -0.2) is 13.8 Å². The molecular weight excluding hydrogens is 444 g/mol. The number of nitrogens with one attached hydrogen (secondary N) is 1. The lowest BCUT2D eigenvalue weighted by atomic mass is 9.85. The predicted molar refractivity (Wildman–Crippen MR) is 120 cm³/mol. The van der Waals surface area contributed by atoms with Crippen LogP contribution < -0.4 is 4.68 Å². The number of nitrogens with zero attached hydrogens (tertiary/aromatic N) is 4. The molecule has 6 nitrogen and oxygen atoms in total. The van der Waals surface area contributed by atoms with Crippen LogP contribution in [-0.4, -0.2) is 37.7 Å². The summed E-state index contributed by atoms with van der Waals surface area (Å²) in [5, 5.41) is 15.8. The number of halogens is 2. The number of hydrogen-bond acceptors (Lipinski definition) is 5. The van der Waals surface area contributed by atoms with Gasteiger partial charge in [-0.05, 0) is 18.0 Å². The zero-order valence-electron chi connectivity index (χ0n) is 18.1. The SMILES string of the molecule is C[C@@H](N1CCc2nc(-c3ccccc3)sc2C1)[C@](O)(C[n+]1cnc[nH]1)c1ccc(F)cc1F. The molecule has 0 spiro atoms. The molecule has 0 saturated heterocycles. The number of benzene rings is 2. The van der Waals surface area contributed by atoms with E-state index in [1.54, 1.807) is 16.0 Å². The van der Waals surface area contributed by atoms with Crippen molar-refractivity contribution in [1.82, 2.24) is 20.0 Å². The largest absolute Gasteiger partial charge is 0.379 e. The fourth-order valence-electron chi connectivity index (χ4n) is 4.44. The smallest absolute Gasteiger partial charge is 0.306 e. The normalized spacial score (nSPS) is 16.8. The number of hydrogen-bond donors (Lipinski definition) is 2. The molecule has 0 aliphatic carbocycles. The maximum Gasteiger partial charge on any atom is 0.306 e. The summed E-state index contributed by atoms with van der Waals surface area (Å²) < 4.78 is 30.1. The van der Waals surface area contributed by atoms with Crippen molar-refractivity contribution in [3.63, 3.8) is 0 Å². The first kappa shape index (κ1) is 21.8. The topological polar surface area (TPSA) is 68.9 Å². The average molecular weight is 469 g/mol. The van der Waals surface area contributed by atoms with E-state index in [-0.39, 0.29) is 12.1 Å². The Morgan fingerprint density at radius 3 is 2.79 bits per heavy atom. The van der Waals surface area contributed by atoms with E-state index in [2.05, 4.69) is 15.0 Å². The molecule has 33 heavy (non-hydrogen) atoms. The predicted octanol–water partition coefficient (Wildman–Crippen LogP) is 3.43. The van der Waals surface area contributed by atoms with Gasteiger partial charge in [0.25, 0.3) is 0 Å². The molecule has 170 valence electrons. The van der Waals surface area contributed by atoms with Crippen molar-refractivity contribution >= 4 is 11.3 Å². The maximum atomic E-state index is 14.9. The molecule has 4 aromatic rings. The van der Waals surface area contributed by atoms with Gasteiger partial charge in [0, 0.05) is 47.6 Å². The number of rotatable bonds is 6. The van der Waals surface area contributed by atoms with Crippen molar-refractivity contribution in [3.8, 4) is 10.6 Å². The van der Waals surface area contributed by atoms with Crippen LogP contribution in [0.15, 0.2) is 61.2 Å². The van der Waals surface area contributed by atoms with Crippen molar-refractivity contribution in [1.29, 1.82) is 0 Å². The Morgan fingerprint density at radius 2 is 2.06 bits per heavy atom. The first-order valence-electron chi connectivity index (χ1n) is 10.8. The van der Waals surface area contributed by atoms with Gasteiger partial charge in [0.15, 0.2) is 0 Å². The van der Waals surface area contributed by atoms with Gasteiger partial charge in [0.1, 0.15) is 28.8 Å². The third-order valence-electron chi connectivity index (χ3n) is 6.33. The molecule has 3 heterocycles. The minimum Gasteiger partial charge on any atom is -0.379 e. The number of aromatic amines is 1. The molecule has 5 rings (SSSR count). The highest BCUT2D eigenvalue weighted by Crippen LogP contribution is 2.36. The number of aliphatic hydroxyl groups is 1. The third kappa shape index (κ3) is 4.19. The van der Waals surface area contributed by atoms with E-state index in [0.717, 1.165) is 33.6 Å². The Labute approximate surface area is 194 Å². The van der Waals surface area contributed by atoms with Gasteiger partial charge in [-0.3, -0.25) is 4.90 Å². The highest BCUT2D eigenvalue weighted by atomic mass is 32.1. The minimum atomic E-state index is -1.63. The minimum absolute atomic E-state index is 0.0397. The van der Waals surface area contributed by atoms with Gasteiger partial charge in [-0.1, -0.05) is 36.4 Å². The fourth-order valence-corrected chi connectivity index (χ4v) is 5.57. The zero-order chi connectivity index (χ0) is 23.0. The van der Waals surface area contributed by atoms with E-state index >= 15 is 0 Å². The van der Waals surface area contributed by atoms with Gasteiger partial charge >= 0.3 is 6.33 Å². The van der Waals surface area contributed by atoms with E-state index in [4.69, 9.17) is 4.98 Å². The summed E-state index contributed by atoms with van der Waals surface area (Å²) in [6.07, 6.45) is 3.76. The Balaban J connectivity index is 1.46. The van der Waals surface area contributed by atoms with Gasteiger partial charge < -0.3 is 5.11 Å². The Kier molecular flexibility index (Phi) is 5.77. The summed E-state index contributed by atoms with van der Waals surface area (Å²) in [7, 11) is 0. The second kappa shape index (κ2) is 8.74. The van der Waals surface area contributed by atoms with Crippen LogP contribution >= 0.6 is 11.3 Å². The van der Waals surface area contributed by atoms with Crippen LogP contribution in [0.25, 0.3) is 10.6 Å². The zero-order valence-corrected chi connectivity index (χ0v) is 18.9. The van der Waals surface area contributed by atoms with Gasteiger partial charge in [-0.2, -0.15) is 9.78 Å². The molecule has 0 radical (unpaired) electrons. The van der Waals surface area contributed by atoms with Crippen LogP contribution in [0.5, 0.6) is 0 Å². The lowest BCUT2D eigenvalue weighted by Gasteiger charge is -2.41. The van der Waals surface area contributed by atoms with Gasteiger partial charge in [0.2, 0.25) is 6.33 Å². The number of aromatic nitrogens is 4. The molecule has 2 aromatic carbocycles.